The molecule has 0 saturated heterocycles. The van der Waals surface area contributed by atoms with Gasteiger partial charge in [-0.15, -0.1) is 0 Å². The molecule has 0 saturated carbocycles. The van der Waals surface area contributed by atoms with Crippen molar-refractivity contribution in [1.29, 1.82) is 0 Å². The third-order valence-electron chi connectivity index (χ3n) is 3.31. The number of anilines is 2. The summed E-state index contributed by atoms with van der Waals surface area (Å²) in [6.45, 7) is 1.54. The highest BCUT2D eigenvalue weighted by Gasteiger charge is 2.14. The maximum atomic E-state index is 13.0. The van der Waals surface area contributed by atoms with Crippen LogP contribution < -0.4 is 10.2 Å². The number of carbonyl (C=O) groups is 2. The lowest BCUT2D eigenvalue weighted by Crippen LogP contribution is -2.31. The van der Waals surface area contributed by atoms with Crippen molar-refractivity contribution in [3.8, 4) is 0 Å². The van der Waals surface area contributed by atoms with E-state index in [0.29, 0.717) is 16.4 Å². The standard InChI is InChI=1S/C17H15Cl2FN2O2/c1-11(23)22(13-7-5-12(20)6-8-13)10-9-16(24)21-15-4-2-3-14(18)17(15)19/h2-8H,9-10H2,1H3,(H,21,24). The van der Waals surface area contributed by atoms with Gasteiger partial charge in [0.05, 0.1) is 15.7 Å². The molecule has 2 aromatic rings. The van der Waals surface area contributed by atoms with E-state index in [1.807, 2.05) is 0 Å². The number of hydrogen-bond donors (Lipinski definition) is 1. The van der Waals surface area contributed by atoms with Crippen LogP contribution in [0.15, 0.2) is 42.5 Å². The normalized spacial score (nSPS) is 10.3. The fourth-order valence-corrected chi connectivity index (χ4v) is 2.46. The molecule has 0 aliphatic rings. The van der Waals surface area contributed by atoms with Crippen LogP contribution in [0.2, 0.25) is 10.0 Å². The molecule has 0 bridgehead atoms. The van der Waals surface area contributed by atoms with Crippen LogP contribution in [0.4, 0.5) is 15.8 Å². The number of nitrogens with one attached hydrogen (secondary N) is 1. The van der Waals surface area contributed by atoms with Gasteiger partial charge >= 0.3 is 0 Å². The third kappa shape index (κ3) is 4.69. The highest BCUT2D eigenvalue weighted by Crippen LogP contribution is 2.29. The van der Waals surface area contributed by atoms with Crippen LogP contribution in [-0.4, -0.2) is 18.4 Å². The quantitative estimate of drug-likeness (QED) is 0.843. The zero-order valence-electron chi connectivity index (χ0n) is 12.9. The van der Waals surface area contributed by atoms with Crippen molar-refractivity contribution in [2.75, 3.05) is 16.8 Å². The Bertz CT molecular complexity index is 751. The molecule has 0 unspecified atom stereocenters. The summed E-state index contributed by atoms with van der Waals surface area (Å²) >= 11 is 11.9. The molecule has 126 valence electrons. The average molecular weight is 369 g/mol. The lowest BCUT2D eigenvalue weighted by molar-refractivity contribution is -0.117. The van der Waals surface area contributed by atoms with Gasteiger partial charge in [-0.25, -0.2) is 4.39 Å². The molecular weight excluding hydrogens is 354 g/mol. The van der Waals surface area contributed by atoms with Crippen LogP contribution >= 0.6 is 23.2 Å². The van der Waals surface area contributed by atoms with E-state index in [0.717, 1.165) is 0 Å². The lowest BCUT2D eigenvalue weighted by Gasteiger charge is -2.21. The lowest BCUT2D eigenvalue weighted by atomic mass is 10.2. The van der Waals surface area contributed by atoms with Crippen molar-refractivity contribution in [3.63, 3.8) is 0 Å². The number of amides is 2. The fraction of sp³-hybridized carbons (Fsp3) is 0.176. The minimum atomic E-state index is -0.393. The van der Waals surface area contributed by atoms with Gasteiger partial charge in [0.2, 0.25) is 11.8 Å². The van der Waals surface area contributed by atoms with Crippen molar-refractivity contribution in [1.82, 2.24) is 0 Å². The summed E-state index contributed by atoms with van der Waals surface area (Å²) in [4.78, 5) is 25.2. The van der Waals surface area contributed by atoms with Crippen LogP contribution in [-0.2, 0) is 9.59 Å². The van der Waals surface area contributed by atoms with Crippen molar-refractivity contribution >= 4 is 46.4 Å². The predicted molar refractivity (Wildman–Crippen MR) is 94.1 cm³/mol. The van der Waals surface area contributed by atoms with Gasteiger partial charge in [-0.2, -0.15) is 0 Å². The van der Waals surface area contributed by atoms with Gasteiger partial charge in [-0.1, -0.05) is 29.3 Å². The maximum absolute atomic E-state index is 13.0. The molecule has 0 aliphatic carbocycles. The Morgan fingerprint density at radius 1 is 1.12 bits per heavy atom. The first kappa shape index (κ1) is 18.2. The first-order valence-corrected chi connectivity index (χ1v) is 7.91. The predicted octanol–water partition coefficient (Wildman–Crippen LogP) is 4.51. The van der Waals surface area contributed by atoms with E-state index in [9.17, 15) is 14.0 Å². The van der Waals surface area contributed by atoms with E-state index in [1.54, 1.807) is 18.2 Å². The average Bonchev–Trinajstić information content (AvgIpc) is 2.53. The smallest absolute Gasteiger partial charge is 0.226 e. The molecule has 0 heterocycles. The molecule has 0 radical (unpaired) electrons. The number of carbonyl (C=O) groups excluding carboxylic acids is 2. The largest absolute Gasteiger partial charge is 0.325 e. The zero-order chi connectivity index (χ0) is 17.7. The number of nitrogens with zero attached hydrogens (tertiary/aromatic N) is 1. The molecular formula is C17H15Cl2FN2O2. The Hall–Kier alpha value is -2.11. The van der Waals surface area contributed by atoms with Gasteiger partial charge in [0, 0.05) is 25.6 Å². The summed E-state index contributed by atoms with van der Waals surface area (Å²) < 4.78 is 13.0. The second-order valence-electron chi connectivity index (χ2n) is 5.05. The SMILES string of the molecule is CC(=O)N(CCC(=O)Nc1cccc(Cl)c1Cl)c1ccc(F)cc1. The Kier molecular flexibility index (Phi) is 6.17. The van der Waals surface area contributed by atoms with Gasteiger partial charge in [0.1, 0.15) is 5.82 Å². The molecule has 0 aromatic heterocycles. The van der Waals surface area contributed by atoms with Crippen LogP contribution in [0.1, 0.15) is 13.3 Å². The molecule has 0 aliphatic heterocycles. The third-order valence-corrected chi connectivity index (χ3v) is 4.13. The molecule has 1 N–H and O–H groups in total. The maximum Gasteiger partial charge on any atom is 0.226 e. The molecule has 2 aromatic carbocycles. The first-order valence-electron chi connectivity index (χ1n) is 7.16. The fourth-order valence-electron chi connectivity index (χ4n) is 2.12. The zero-order valence-corrected chi connectivity index (χ0v) is 14.4. The minimum Gasteiger partial charge on any atom is -0.325 e. The van der Waals surface area contributed by atoms with Gasteiger partial charge < -0.3 is 10.2 Å². The van der Waals surface area contributed by atoms with Crippen molar-refractivity contribution in [2.24, 2.45) is 0 Å². The van der Waals surface area contributed by atoms with E-state index in [4.69, 9.17) is 23.2 Å². The second-order valence-corrected chi connectivity index (χ2v) is 5.83. The highest BCUT2D eigenvalue weighted by atomic mass is 35.5. The number of benzene rings is 2. The number of rotatable bonds is 5. The first-order chi connectivity index (χ1) is 11.4. The van der Waals surface area contributed by atoms with Crippen molar-refractivity contribution < 1.29 is 14.0 Å². The Morgan fingerprint density at radius 3 is 2.42 bits per heavy atom. The molecule has 4 nitrogen and oxygen atoms in total. The summed E-state index contributed by atoms with van der Waals surface area (Å²) in [7, 11) is 0. The van der Waals surface area contributed by atoms with Gasteiger partial charge in [0.25, 0.3) is 0 Å². The van der Waals surface area contributed by atoms with Crippen LogP contribution in [0.3, 0.4) is 0 Å². The molecule has 2 rings (SSSR count). The molecule has 7 heteroatoms. The monoisotopic (exact) mass is 368 g/mol. The summed E-state index contributed by atoms with van der Waals surface area (Å²) in [6.07, 6.45) is 0.0554. The number of hydrogen-bond acceptors (Lipinski definition) is 2. The highest BCUT2D eigenvalue weighted by molar-refractivity contribution is 6.43. The summed E-state index contributed by atoms with van der Waals surface area (Å²) in [6, 6.07) is 10.4. The van der Waals surface area contributed by atoms with Crippen LogP contribution in [0, 0.1) is 5.82 Å². The Balaban J connectivity index is 2.01. The van der Waals surface area contributed by atoms with Crippen LogP contribution in [0.25, 0.3) is 0 Å². The summed E-state index contributed by atoms with van der Waals surface area (Å²) in [5, 5.41) is 3.25. The Morgan fingerprint density at radius 2 is 1.79 bits per heavy atom. The van der Waals surface area contributed by atoms with E-state index in [2.05, 4.69) is 5.32 Å². The molecule has 2 amide bonds. The molecule has 0 fully saturated rings. The van der Waals surface area contributed by atoms with E-state index in [1.165, 1.54) is 36.1 Å². The van der Waals surface area contributed by atoms with Gasteiger partial charge in [-0.05, 0) is 36.4 Å². The molecule has 24 heavy (non-hydrogen) atoms. The molecule has 0 spiro atoms. The van der Waals surface area contributed by atoms with Crippen molar-refractivity contribution in [2.45, 2.75) is 13.3 Å². The minimum absolute atomic E-state index is 0.0554. The Labute approximate surface area is 149 Å². The van der Waals surface area contributed by atoms with Gasteiger partial charge in [0.15, 0.2) is 0 Å². The molecule has 0 atom stereocenters. The summed E-state index contributed by atoms with van der Waals surface area (Å²) in [5.74, 6) is -0.946. The van der Waals surface area contributed by atoms with Crippen LogP contribution in [0.5, 0.6) is 0 Å². The van der Waals surface area contributed by atoms with Crippen molar-refractivity contribution in [3.05, 3.63) is 58.3 Å². The van der Waals surface area contributed by atoms with E-state index in [-0.39, 0.29) is 29.8 Å². The summed E-state index contributed by atoms with van der Waals surface area (Å²) in [5.41, 5.74) is 0.933. The van der Waals surface area contributed by atoms with E-state index >= 15 is 0 Å². The topological polar surface area (TPSA) is 49.4 Å². The second kappa shape index (κ2) is 8.13. The van der Waals surface area contributed by atoms with Gasteiger partial charge in [-0.3, -0.25) is 9.59 Å². The van der Waals surface area contributed by atoms with E-state index < -0.39 is 5.82 Å². The number of halogens is 3.